The monoisotopic (exact) mass is 344 g/mol. The van der Waals surface area contributed by atoms with Gasteiger partial charge in [0.25, 0.3) is 0 Å². The van der Waals surface area contributed by atoms with Crippen LogP contribution < -0.4 is 0 Å². The summed E-state index contributed by atoms with van der Waals surface area (Å²) in [4.78, 5) is 9.62. The van der Waals surface area contributed by atoms with Crippen molar-refractivity contribution in [3.63, 3.8) is 0 Å². The van der Waals surface area contributed by atoms with Crippen molar-refractivity contribution in [2.24, 2.45) is 11.8 Å². The zero-order chi connectivity index (χ0) is 17.1. The molecule has 1 aliphatic rings. The molecule has 1 aliphatic carbocycles. The molecule has 132 valence electrons. The molecule has 0 saturated heterocycles. The van der Waals surface area contributed by atoms with E-state index in [0.717, 1.165) is 0 Å². The van der Waals surface area contributed by atoms with Gasteiger partial charge in [-0.2, -0.15) is 0 Å². The molecule has 10 heteroatoms. The van der Waals surface area contributed by atoms with Crippen LogP contribution in [0.15, 0.2) is 0 Å². The molecule has 0 aromatic carbocycles. The maximum Gasteiger partial charge on any atom is 0.472 e. The van der Waals surface area contributed by atoms with Gasteiger partial charge in [0.1, 0.15) is 18.3 Å². The molecule has 8 atom stereocenters. The highest BCUT2D eigenvalue weighted by molar-refractivity contribution is 7.47. The topological polar surface area (TPSA) is 157 Å². The Bertz CT molecular complexity index is 377. The summed E-state index contributed by atoms with van der Waals surface area (Å²) in [5.74, 6) is -1.19. The molecule has 0 heterocycles. The van der Waals surface area contributed by atoms with E-state index in [1.807, 2.05) is 6.92 Å². The number of rotatable bonds is 7. The number of phosphoric acid groups is 1. The van der Waals surface area contributed by atoms with Crippen molar-refractivity contribution in [1.82, 2.24) is 0 Å². The van der Waals surface area contributed by atoms with Gasteiger partial charge in [-0.1, -0.05) is 20.3 Å². The lowest BCUT2D eigenvalue weighted by molar-refractivity contribution is -0.206. The van der Waals surface area contributed by atoms with Gasteiger partial charge in [0, 0.05) is 5.92 Å². The molecule has 22 heavy (non-hydrogen) atoms. The first kappa shape index (κ1) is 20.0. The van der Waals surface area contributed by atoms with Crippen molar-refractivity contribution >= 4 is 7.82 Å². The number of phosphoric ester groups is 1. The van der Waals surface area contributed by atoms with Gasteiger partial charge in [0.2, 0.25) is 0 Å². The van der Waals surface area contributed by atoms with E-state index in [1.54, 1.807) is 6.92 Å². The van der Waals surface area contributed by atoms with Crippen LogP contribution in [0.25, 0.3) is 0 Å². The minimum absolute atomic E-state index is 0.000211. The van der Waals surface area contributed by atoms with Crippen LogP contribution in [-0.2, 0) is 13.6 Å². The first-order chi connectivity index (χ1) is 10.1. The van der Waals surface area contributed by atoms with E-state index < -0.39 is 50.9 Å². The van der Waals surface area contributed by atoms with E-state index >= 15 is 0 Å². The summed E-state index contributed by atoms with van der Waals surface area (Å²) in [5, 5.41) is 48.3. The smallest absolute Gasteiger partial charge is 0.396 e. The van der Waals surface area contributed by atoms with Gasteiger partial charge in [0.05, 0.1) is 25.4 Å². The fourth-order valence-electron chi connectivity index (χ4n) is 2.16. The molecular weight excluding hydrogens is 319 g/mol. The summed E-state index contributed by atoms with van der Waals surface area (Å²) in [5.41, 5.74) is 0. The molecule has 0 aromatic heterocycles. The lowest BCUT2D eigenvalue weighted by Gasteiger charge is -2.43. The largest absolute Gasteiger partial charge is 0.472 e. The summed E-state index contributed by atoms with van der Waals surface area (Å²) >= 11 is 0. The summed E-state index contributed by atoms with van der Waals surface area (Å²) in [6, 6.07) is 0. The Balaban J connectivity index is 2.76. The highest BCUT2D eigenvalue weighted by Gasteiger charge is 2.51. The van der Waals surface area contributed by atoms with Crippen LogP contribution in [0.3, 0.4) is 0 Å². The van der Waals surface area contributed by atoms with Crippen LogP contribution in [0.2, 0.25) is 0 Å². The van der Waals surface area contributed by atoms with Crippen LogP contribution >= 0.6 is 7.82 Å². The van der Waals surface area contributed by atoms with Crippen molar-refractivity contribution in [3.8, 4) is 0 Å². The molecule has 0 aromatic rings. The summed E-state index contributed by atoms with van der Waals surface area (Å²) in [7, 11) is -4.59. The minimum atomic E-state index is -4.59. The molecule has 0 amide bonds. The highest BCUT2D eigenvalue weighted by atomic mass is 31.2. The Kier molecular flexibility index (Phi) is 7.38. The van der Waals surface area contributed by atoms with E-state index in [1.165, 1.54) is 0 Å². The molecule has 0 spiro atoms. The van der Waals surface area contributed by atoms with E-state index in [0.29, 0.717) is 6.42 Å². The minimum Gasteiger partial charge on any atom is -0.396 e. The van der Waals surface area contributed by atoms with Crippen LogP contribution in [0, 0.1) is 11.8 Å². The number of hydrogen-bond acceptors (Lipinski definition) is 8. The van der Waals surface area contributed by atoms with Crippen LogP contribution in [0.1, 0.15) is 20.3 Å². The highest BCUT2D eigenvalue weighted by Crippen LogP contribution is 2.47. The van der Waals surface area contributed by atoms with E-state index in [9.17, 15) is 29.9 Å². The molecule has 1 saturated carbocycles. The molecule has 6 N–H and O–H groups in total. The fourth-order valence-corrected chi connectivity index (χ4v) is 3.22. The predicted octanol–water partition coefficient (Wildman–Crippen LogP) is -1.40. The first-order valence-electron chi connectivity index (χ1n) is 7.13. The Morgan fingerprint density at radius 3 is 2.00 bits per heavy atom. The third-order valence-corrected chi connectivity index (χ3v) is 4.92. The van der Waals surface area contributed by atoms with Crippen molar-refractivity contribution in [2.75, 3.05) is 13.2 Å². The number of hydrogen-bond donors (Lipinski definition) is 6. The quantitative estimate of drug-likeness (QED) is 0.306. The van der Waals surface area contributed by atoms with Gasteiger partial charge >= 0.3 is 7.82 Å². The molecule has 4 unspecified atom stereocenters. The van der Waals surface area contributed by atoms with E-state index in [2.05, 4.69) is 0 Å². The van der Waals surface area contributed by atoms with Crippen molar-refractivity contribution in [3.05, 3.63) is 0 Å². The second-order valence-electron chi connectivity index (χ2n) is 5.66. The molecular formula is C12H25O9P. The molecule has 0 radical (unpaired) electrons. The Morgan fingerprint density at radius 1 is 1.09 bits per heavy atom. The standard InChI is InChI=1S/C12H25O9P/c1-3-6(2)5-20-22(18,19)21-12-10(16)8(14)7(4-13)9(15)11(12)17/h6-17H,3-5H2,1-2H3,(H,18,19)/t6?,7?,8-,9+,10-,11-,12?/m1/s1. The maximum atomic E-state index is 11.8. The summed E-state index contributed by atoms with van der Waals surface area (Å²) in [6.45, 7) is 2.93. The molecule has 1 rings (SSSR count). The molecule has 1 fully saturated rings. The Morgan fingerprint density at radius 2 is 1.59 bits per heavy atom. The third kappa shape index (κ3) is 4.70. The van der Waals surface area contributed by atoms with Gasteiger partial charge in [-0.25, -0.2) is 4.57 Å². The van der Waals surface area contributed by atoms with Gasteiger partial charge in [-0.05, 0) is 5.92 Å². The normalized spacial score (nSPS) is 40.2. The van der Waals surface area contributed by atoms with Gasteiger partial charge in [-0.3, -0.25) is 9.05 Å². The summed E-state index contributed by atoms with van der Waals surface area (Å²) < 4.78 is 21.3. The third-order valence-electron chi connectivity index (χ3n) is 3.94. The second kappa shape index (κ2) is 8.14. The number of aliphatic hydroxyl groups excluding tert-OH is 5. The van der Waals surface area contributed by atoms with E-state index in [-0.39, 0.29) is 12.5 Å². The zero-order valence-corrected chi connectivity index (χ0v) is 13.4. The second-order valence-corrected chi connectivity index (χ2v) is 7.06. The Labute approximate surface area is 128 Å². The fraction of sp³-hybridized carbons (Fsp3) is 1.00. The average molecular weight is 344 g/mol. The molecule has 0 bridgehead atoms. The lowest BCUT2D eigenvalue weighted by atomic mass is 9.79. The van der Waals surface area contributed by atoms with Crippen molar-refractivity contribution in [1.29, 1.82) is 0 Å². The predicted molar refractivity (Wildman–Crippen MR) is 74.7 cm³/mol. The SMILES string of the molecule is CCC(C)COP(=O)(O)OC1[C@H](O)[C@H](O)C(CO)[C@H](O)[C@H]1O. The van der Waals surface area contributed by atoms with Crippen LogP contribution in [0.5, 0.6) is 0 Å². The van der Waals surface area contributed by atoms with E-state index in [4.69, 9.17) is 14.2 Å². The van der Waals surface area contributed by atoms with Gasteiger partial charge in [0.15, 0.2) is 0 Å². The van der Waals surface area contributed by atoms with Crippen LogP contribution in [0.4, 0.5) is 0 Å². The molecule has 0 aliphatic heterocycles. The average Bonchev–Trinajstić information content (AvgIpc) is 2.48. The maximum absolute atomic E-state index is 11.8. The van der Waals surface area contributed by atoms with Crippen LogP contribution in [-0.4, -0.2) is 74.2 Å². The van der Waals surface area contributed by atoms with Gasteiger partial charge < -0.3 is 30.4 Å². The first-order valence-corrected chi connectivity index (χ1v) is 8.63. The van der Waals surface area contributed by atoms with Crippen molar-refractivity contribution in [2.45, 2.75) is 50.8 Å². The lowest BCUT2D eigenvalue weighted by Crippen LogP contribution is -2.62. The van der Waals surface area contributed by atoms with Gasteiger partial charge in [-0.15, -0.1) is 0 Å². The Hall–Kier alpha value is -0.0900. The number of aliphatic hydroxyl groups is 5. The zero-order valence-electron chi connectivity index (χ0n) is 12.5. The molecule has 9 nitrogen and oxygen atoms in total. The summed E-state index contributed by atoms with van der Waals surface area (Å²) in [6.07, 6.45) is -7.78. The van der Waals surface area contributed by atoms with Crippen molar-refractivity contribution < 1.29 is 44.0 Å².